The van der Waals surface area contributed by atoms with E-state index in [1.165, 1.54) is 5.56 Å². The van der Waals surface area contributed by atoms with Gasteiger partial charge in [-0.3, -0.25) is 0 Å². The van der Waals surface area contributed by atoms with Crippen molar-refractivity contribution >= 4 is 22.4 Å². The topological polar surface area (TPSA) is 39.9 Å². The van der Waals surface area contributed by atoms with Crippen LogP contribution in [0.3, 0.4) is 0 Å². The Hall–Kier alpha value is -2.07. The molecule has 0 aliphatic heterocycles. The maximum absolute atomic E-state index is 6.08. The number of rotatable bonds is 5. The van der Waals surface area contributed by atoms with Crippen LogP contribution in [0.1, 0.15) is 31.0 Å². The summed E-state index contributed by atoms with van der Waals surface area (Å²) < 4.78 is 8.00. The number of pyridine rings is 1. The van der Waals surface area contributed by atoms with Crippen molar-refractivity contribution in [2.45, 2.75) is 26.2 Å². The van der Waals surface area contributed by atoms with E-state index in [2.05, 4.69) is 29.9 Å². The van der Waals surface area contributed by atoms with Crippen molar-refractivity contribution in [3.05, 3.63) is 53.3 Å². The molecule has 120 valence electrons. The Morgan fingerprint density at radius 1 is 1.22 bits per heavy atom. The molecule has 0 spiro atoms. The predicted molar refractivity (Wildman–Crippen MR) is 93.2 cm³/mol. The molecule has 3 aromatic rings. The number of halogens is 1. The monoisotopic (exact) mass is 329 g/mol. The lowest BCUT2D eigenvalue weighted by molar-refractivity contribution is 0.323. The van der Waals surface area contributed by atoms with Gasteiger partial charge >= 0.3 is 0 Å². The fourth-order valence-electron chi connectivity index (χ4n) is 2.73. The molecule has 0 amide bonds. The molecule has 4 nitrogen and oxygen atoms in total. The number of benzene rings is 1. The summed E-state index contributed by atoms with van der Waals surface area (Å²) in [4.78, 5) is 8.33. The third-order valence-corrected chi connectivity index (χ3v) is 4.22. The van der Waals surface area contributed by atoms with E-state index in [0.29, 0.717) is 17.7 Å². The second-order valence-electron chi connectivity index (χ2n) is 5.95. The van der Waals surface area contributed by atoms with E-state index in [1.807, 2.05) is 29.9 Å². The second-order valence-corrected chi connectivity index (χ2v) is 6.34. The number of aromatic nitrogens is 3. The molecule has 0 N–H and O–H groups in total. The fourth-order valence-corrected chi connectivity index (χ4v) is 2.89. The highest BCUT2D eigenvalue weighted by atomic mass is 35.5. The van der Waals surface area contributed by atoms with Crippen LogP contribution in [0.2, 0.25) is 5.15 Å². The minimum absolute atomic E-state index is 0.416. The van der Waals surface area contributed by atoms with Gasteiger partial charge < -0.3 is 9.30 Å². The van der Waals surface area contributed by atoms with Crippen molar-refractivity contribution in [3.63, 3.8) is 0 Å². The molecule has 0 radical (unpaired) electrons. The first-order valence-electron chi connectivity index (χ1n) is 7.72. The van der Waals surface area contributed by atoms with Crippen LogP contribution in [-0.2, 0) is 13.5 Å². The molecule has 0 aliphatic carbocycles. The van der Waals surface area contributed by atoms with E-state index < -0.39 is 0 Å². The normalized spacial score (nSPS) is 11.3. The Morgan fingerprint density at radius 3 is 2.74 bits per heavy atom. The molecule has 5 heteroatoms. The number of nitrogens with zero attached hydrogens (tertiary/aromatic N) is 3. The van der Waals surface area contributed by atoms with Crippen molar-refractivity contribution < 1.29 is 4.74 Å². The molecule has 2 aromatic heterocycles. The number of aryl methyl sites for hydroxylation is 1. The predicted octanol–water partition coefficient (Wildman–Crippen LogP) is 4.37. The summed E-state index contributed by atoms with van der Waals surface area (Å²) in [5, 5.41) is 2.62. The Bertz CT molecular complexity index is 826. The quantitative estimate of drug-likeness (QED) is 0.653. The van der Waals surface area contributed by atoms with Crippen LogP contribution >= 0.6 is 11.6 Å². The SMILES string of the molecule is CC(C)c1ccc(OCCc2cncn2C)c2cnc(Cl)cc12. The third kappa shape index (κ3) is 3.32. The smallest absolute Gasteiger partial charge is 0.129 e. The third-order valence-electron chi connectivity index (χ3n) is 4.02. The zero-order valence-corrected chi connectivity index (χ0v) is 14.3. The molecular weight excluding hydrogens is 310 g/mol. The highest BCUT2D eigenvalue weighted by Gasteiger charge is 2.11. The van der Waals surface area contributed by atoms with Gasteiger partial charge in [0.25, 0.3) is 0 Å². The number of ether oxygens (including phenoxy) is 1. The first-order chi connectivity index (χ1) is 11.1. The minimum Gasteiger partial charge on any atom is -0.492 e. The minimum atomic E-state index is 0.416. The summed E-state index contributed by atoms with van der Waals surface area (Å²) in [6.07, 6.45) is 6.27. The van der Waals surface area contributed by atoms with Crippen molar-refractivity contribution in [1.29, 1.82) is 0 Å². The van der Waals surface area contributed by atoms with Crippen molar-refractivity contribution in [2.24, 2.45) is 7.05 Å². The molecule has 0 fully saturated rings. The Labute approximate surface area is 141 Å². The van der Waals surface area contributed by atoms with E-state index in [1.54, 1.807) is 12.5 Å². The van der Waals surface area contributed by atoms with Gasteiger partial charge in [0.2, 0.25) is 0 Å². The molecule has 0 saturated heterocycles. The van der Waals surface area contributed by atoms with E-state index in [-0.39, 0.29) is 0 Å². The van der Waals surface area contributed by atoms with Crippen molar-refractivity contribution in [3.8, 4) is 5.75 Å². The van der Waals surface area contributed by atoms with Crippen LogP contribution in [0, 0.1) is 0 Å². The first kappa shape index (κ1) is 15.8. The lowest BCUT2D eigenvalue weighted by Gasteiger charge is -2.14. The van der Waals surface area contributed by atoms with Crippen LogP contribution in [0.5, 0.6) is 5.75 Å². The van der Waals surface area contributed by atoms with Crippen LogP contribution < -0.4 is 4.74 Å². The Balaban J connectivity index is 1.86. The van der Waals surface area contributed by atoms with Gasteiger partial charge in [-0.2, -0.15) is 0 Å². The van der Waals surface area contributed by atoms with Gasteiger partial charge in [-0.05, 0) is 29.0 Å². The Kier molecular flexibility index (Phi) is 4.53. The molecule has 2 heterocycles. The number of fused-ring (bicyclic) bond motifs is 1. The van der Waals surface area contributed by atoms with Gasteiger partial charge in [-0.1, -0.05) is 31.5 Å². The summed E-state index contributed by atoms with van der Waals surface area (Å²) in [5.74, 6) is 1.26. The van der Waals surface area contributed by atoms with Gasteiger partial charge in [-0.15, -0.1) is 0 Å². The van der Waals surface area contributed by atoms with E-state index >= 15 is 0 Å². The zero-order chi connectivity index (χ0) is 16.4. The number of hydrogen-bond donors (Lipinski definition) is 0. The van der Waals surface area contributed by atoms with Crippen LogP contribution in [0.25, 0.3) is 10.8 Å². The van der Waals surface area contributed by atoms with E-state index in [9.17, 15) is 0 Å². The maximum atomic E-state index is 6.08. The average molecular weight is 330 g/mol. The molecule has 23 heavy (non-hydrogen) atoms. The molecule has 0 bridgehead atoms. The molecule has 3 rings (SSSR count). The second kappa shape index (κ2) is 6.59. The molecular formula is C18H20ClN3O. The van der Waals surface area contributed by atoms with Crippen LogP contribution in [-0.4, -0.2) is 21.1 Å². The van der Waals surface area contributed by atoms with Gasteiger partial charge in [0.05, 0.1) is 12.9 Å². The molecule has 0 saturated carbocycles. The summed E-state index contributed by atoms with van der Waals surface area (Å²) >= 11 is 6.08. The summed E-state index contributed by atoms with van der Waals surface area (Å²) in [6, 6.07) is 6.05. The van der Waals surface area contributed by atoms with Crippen molar-refractivity contribution in [2.75, 3.05) is 6.61 Å². The Morgan fingerprint density at radius 2 is 2.04 bits per heavy atom. The zero-order valence-electron chi connectivity index (χ0n) is 13.6. The van der Waals surface area contributed by atoms with Gasteiger partial charge in [0.15, 0.2) is 0 Å². The largest absolute Gasteiger partial charge is 0.492 e. The highest BCUT2D eigenvalue weighted by Crippen LogP contribution is 2.33. The van der Waals surface area contributed by atoms with Crippen LogP contribution in [0.4, 0.5) is 0 Å². The lowest BCUT2D eigenvalue weighted by Crippen LogP contribution is -2.05. The number of hydrogen-bond acceptors (Lipinski definition) is 3. The summed E-state index contributed by atoms with van der Waals surface area (Å²) in [6.45, 7) is 4.94. The summed E-state index contributed by atoms with van der Waals surface area (Å²) in [7, 11) is 1.99. The molecule has 0 aliphatic rings. The standard InChI is InChI=1S/C18H20ClN3O/c1-12(2)14-4-5-17(16-10-21-18(19)8-15(14)16)23-7-6-13-9-20-11-22(13)3/h4-5,8-12H,6-7H2,1-3H3. The number of imidazole rings is 1. The first-order valence-corrected chi connectivity index (χ1v) is 8.10. The van der Waals surface area contributed by atoms with Gasteiger partial charge in [0, 0.05) is 36.9 Å². The van der Waals surface area contributed by atoms with E-state index in [0.717, 1.165) is 28.6 Å². The molecule has 1 aromatic carbocycles. The van der Waals surface area contributed by atoms with E-state index in [4.69, 9.17) is 16.3 Å². The lowest BCUT2D eigenvalue weighted by atomic mass is 9.97. The molecule has 0 atom stereocenters. The highest BCUT2D eigenvalue weighted by molar-refractivity contribution is 6.30. The average Bonchev–Trinajstić information content (AvgIpc) is 2.92. The summed E-state index contributed by atoms with van der Waals surface area (Å²) in [5.41, 5.74) is 2.40. The fraction of sp³-hybridized carbons (Fsp3) is 0.333. The maximum Gasteiger partial charge on any atom is 0.129 e. The van der Waals surface area contributed by atoms with Crippen LogP contribution in [0.15, 0.2) is 36.9 Å². The van der Waals surface area contributed by atoms with Gasteiger partial charge in [0.1, 0.15) is 10.9 Å². The van der Waals surface area contributed by atoms with Crippen molar-refractivity contribution in [1.82, 2.24) is 14.5 Å². The van der Waals surface area contributed by atoms with Gasteiger partial charge in [-0.25, -0.2) is 9.97 Å². The molecule has 0 unspecified atom stereocenters.